The topological polar surface area (TPSA) is 93.2 Å². The second-order valence-corrected chi connectivity index (χ2v) is 7.15. The highest BCUT2D eigenvalue weighted by atomic mass is 32.2. The van der Waals surface area contributed by atoms with Crippen LogP contribution in [0.25, 0.3) is 0 Å². The fraction of sp³-hybridized carbons (Fsp3) is 0.750. The van der Waals surface area contributed by atoms with E-state index in [2.05, 4.69) is 14.7 Å². The fourth-order valence-corrected chi connectivity index (χ4v) is 3.65. The summed E-state index contributed by atoms with van der Waals surface area (Å²) in [6.45, 7) is 5.05. The number of nitrogens with zero attached hydrogens (tertiary/aromatic N) is 3. The minimum atomic E-state index is -3.57. The number of rotatable bonds is 6. The standard InChI is InChI=1S/C12H23N5O2S/c1-3-5-17-9-11(12(13)15-17)20(18,19)14-7-10-4-6-16(2)8-10/h9-10,14H,3-8H2,1-2H3,(H2,13,15). The molecule has 1 atom stereocenters. The number of nitrogens with one attached hydrogen (secondary N) is 1. The summed E-state index contributed by atoms with van der Waals surface area (Å²) < 4.78 is 28.7. The van der Waals surface area contributed by atoms with Crippen LogP contribution >= 0.6 is 0 Å². The third kappa shape index (κ3) is 3.50. The van der Waals surface area contributed by atoms with Crippen molar-refractivity contribution in [2.45, 2.75) is 31.2 Å². The van der Waals surface area contributed by atoms with Crippen LogP contribution < -0.4 is 10.5 Å². The smallest absolute Gasteiger partial charge is 0.245 e. The predicted octanol–water partition coefficient (Wildman–Crippen LogP) is 0.105. The normalized spacial score (nSPS) is 20.6. The van der Waals surface area contributed by atoms with E-state index in [9.17, 15) is 8.42 Å². The molecule has 7 nitrogen and oxygen atoms in total. The number of aryl methyl sites for hydroxylation is 1. The lowest BCUT2D eigenvalue weighted by Gasteiger charge is -2.11. The lowest BCUT2D eigenvalue weighted by atomic mass is 10.1. The monoisotopic (exact) mass is 301 g/mol. The van der Waals surface area contributed by atoms with Gasteiger partial charge in [0.05, 0.1) is 0 Å². The molecule has 2 heterocycles. The zero-order chi connectivity index (χ0) is 14.8. The van der Waals surface area contributed by atoms with E-state index in [0.29, 0.717) is 19.0 Å². The van der Waals surface area contributed by atoms with Crippen molar-refractivity contribution >= 4 is 15.8 Å². The van der Waals surface area contributed by atoms with Crippen LogP contribution in [0.2, 0.25) is 0 Å². The van der Waals surface area contributed by atoms with Crippen molar-refractivity contribution in [3.05, 3.63) is 6.20 Å². The molecule has 1 aliphatic heterocycles. The molecular formula is C12H23N5O2S. The maximum atomic E-state index is 12.3. The van der Waals surface area contributed by atoms with Crippen molar-refractivity contribution < 1.29 is 8.42 Å². The first-order chi connectivity index (χ1) is 9.42. The molecule has 0 spiro atoms. The van der Waals surface area contributed by atoms with Gasteiger partial charge in [0.15, 0.2) is 5.82 Å². The Hall–Kier alpha value is -1.12. The van der Waals surface area contributed by atoms with Gasteiger partial charge in [0.2, 0.25) is 10.0 Å². The van der Waals surface area contributed by atoms with E-state index in [1.165, 1.54) is 6.20 Å². The Labute approximate surface area is 120 Å². The van der Waals surface area contributed by atoms with Crippen LogP contribution in [-0.4, -0.2) is 49.8 Å². The Balaban J connectivity index is 2.02. The molecule has 114 valence electrons. The molecule has 3 N–H and O–H groups in total. The Morgan fingerprint density at radius 2 is 2.30 bits per heavy atom. The Morgan fingerprint density at radius 3 is 2.90 bits per heavy atom. The van der Waals surface area contributed by atoms with Crippen LogP contribution in [0.1, 0.15) is 19.8 Å². The number of hydrogen-bond donors (Lipinski definition) is 2. The van der Waals surface area contributed by atoms with Gasteiger partial charge in [-0.3, -0.25) is 4.68 Å². The molecule has 0 saturated carbocycles. The van der Waals surface area contributed by atoms with Crippen LogP contribution in [0.15, 0.2) is 11.1 Å². The van der Waals surface area contributed by atoms with Crippen LogP contribution in [0.4, 0.5) is 5.82 Å². The highest BCUT2D eigenvalue weighted by Gasteiger charge is 2.25. The van der Waals surface area contributed by atoms with Gasteiger partial charge in [0, 0.05) is 25.8 Å². The summed E-state index contributed by atoms with van der Waals surface area (Å²) in [5.41, 5.74) is 5.70. The van der Waals surface area contributed by atoms with E-state index >= 15 is 0 Å². The maximum Gasteiger partial charge on any atom is 0.245 e. The summed E-state index contributed by atoms with van der Waals surface area (Å²) in [6, 6.07) is 0. The van der Waals surface area contributed by atoms with Crippen molar-refractivity contribution in [2.24, 2.45) is 5.92 Å². The van der Waals surface area contributed by atoms with Crippen molar-refractivity contribution in [1.82, 2.24) is 19.4 Å². The summed E-state index contributed by atoms with van der Waals surface area (Å²) in [7, 11) is -1.53. The van der Waals surface area contributed by atoms with Crippen LogP contribution in [0, 0.1) is 5.92 Å². The average molecular weight is 301 g/mol. The lowest BCUT2D eigenvalue weighted by molar-refractivity contribution is 0.394. The molecule has 0 amide bonds. The van der Waals surface area contributed by atoms with E-state index in [-0.39, 0.29) is 10.7 Å². The van der Waals surface area contributed by atoms with Crippen molar-refractivity contribution in [3.63, 3.8) is 0 Å². The number of sulfonamides is 1. The summed E-state index contributed by atoms with van der Waals surface area (Å²) in [5.74, 6) is 0.427. The van der Waals surface area contributed by atoms with E-state index in [1.54, 1.807) is 4.68 Å². The maximum absolute atomic E-state index is 12.3. The van der Waals surface area contributed by atoms with E-state index in [1.807, 2.05) is 14.0 Å². The second kappa shape index (κ2) is 6.11. The third-order valence-corrected chi connectivity index (χ3v) is 4.99. The fourth-order valence-electron chi connectivity index (χ4n) is 2.47. The first-order valence-corrected chi connectivity index (χ1v) is 8.42. The molecule has 0 radical (unpaired) electrons. The Bertz CT molecular complexity index is 554. The molecule has 8 heteroatoms. The molecule has 1 saturated heterocycles. The molecule has 20 heavy (non-hydrogen) atoms. The van der Waals surface area contributed by atoms with Crippen LogP contribution in [0.5, 0.6) is 0 Å². The molecule has 2 rings (SSSR count). The summed E-state index contributed by atoms with van der Waals surface area (Å²) >= 11 is 0. The molecule has 0 aromatic carbocycles. The second-order valence-electron chi connectivity index (χ2n) is 5.41. The first kappa shape index (κ1) is 15.3. The van der Waals surface area contributed by atoms with Crippen LogP contribution in [0.3, 0.4) is 0 Å². The predicted molar refractivity (Wildman–Crippen MR) is 77.7 cm³/mol. The van der Waals surface area contributed by atoms with Crippen molar-refractivity contribution in [1.29, 1.82) is 0 Å². The third-order valence-electron chi connectivity index (χ3n) is 3.55. The summed E-state index contributed by atoms with van der Waals surface area (Å²) in [4.78, 5) is 2.28. The number of nitrogens with two attached hydrogens (primary N) is 1. The highest BCUT2D eigenvalue weighted by Crippen LogP contribution is 2.18. The van der Waals surface area contributed by atoms with E-state index < -0.39 is 10.0 Å². The summed E-state index contributed by atoms with van der Waals surface area (Å²) in [5, 5.41) is 4.03. The highest BCUT2D eigenvalue weighted by molar-refractivity contribution is 7.89. The Morgan fingerprint density at radius 1 is 1.55 bits per heavy atom. The molecule has 1 aliphatic rings. The van der Waals surface area contributed by atoms with Gasteiger partial charge in [0.1, 0.15) is 4.90 Å². The quantitative estimate of drug-likeness (QED) is 0.777. The number of anilines is 1. The van der Waals surface area contributed by atoms with Gasteiger partial charge in [-0.15, -0.1) is 0 Å². The minimum Gasteiger partial charge on any atom is -0.381 e. The van der Waals surface area contributed by atoms with Gasteiger partial charge in [0.25, 0.3) is 0 Å². The van der Waals surface area contributed by atoms with Crippen LogP contribution in [-0.2, 0) is 16.6 Å². The molecule has 0 aliphatic carbocycles. The molecule has 1 fully saturated rings. The first-order valence-electron chi connectivity index (χ1n) is 6.93. The molecule has 1 aromatic heterocycles. The number of nitrogen functional groups attached to an aromatic ring is 1. The van der Waals surface area contributed by atoms with Crippen molar-refractivity contribution in [2.75, 3.05) is 32.4 Å². The van der Waals surface area contributed by atoms with Gasteiger partial charge in [-0.2, -0.15) is 5.10 Å². The zero-order valence-electron chi connectivity index (χ0n) is 12.0. The average Bonchev–Trinajstić information content (AvgIpc) is 2.94. The van der Waals surface area contributed by atoms with Gasteiger partial charge in [-0.1, -0.05) is 6.92 Å². The van der Waals surface area contributed by atoms with Gasteiger partial charge < -0.3 is 10.6 Å². The van der Waals surface area contributed by atoms with Gasteiger partial charge >= 0.3 is 0 Å². The number of aromatic nitrogens is 2. The SMILES string of the molecule is CCCn1cc(S(=O)(=O)NCC2CCN(C)C2)c(N)n1. The Kier molecular flexibility index (Phi) is 4.66. The summed E-state index contributed by atoms with van der Waals surface area (Å²) in [6.07, 6.45) is 3.40. The van der Waals surface area contributed by atoms with E-state index in [0.717, 1.165) is 25.9 Å². The molecular weight excluding hydrogens is 278 g/mol. The van der Waals surface area contributed by atoms with Gasteiger partial charge in [-0.25, -0.2) is 13.1 Å². The molecule has 1 aromatic rings. The molecule has 1 unspecified atom stereocenters. The largest absolute Gasteiger partial charge is 0.381 e. The number of hydrogen-bond acceptors (Lipinski definition) is 5. The van der Waals surface area contributed by atoms with Gasteiger partial charge in [-0.05, 0) is 32.4 Å². The number of likely N-dealkylation sites (tertiary alicyclic amines) is 1. The minimum absolute atomic E-state index is 0.0643. The zero-order valence-corrected chi connectivity index (χ0v) is 12.9. The van der Waals surface area contributed by atoms with Crippen molar-refractivity contribution in [3.8, 4) is 0 Å². The lowest BCUT2D eigenvalue weighted by Crippen LogP contribution is -2.30. The molecule has 0 bridgehead atoms. The van der Waals surface area contributed by atoms with E-state index in [4.69, 9.17) is 5.73 Å².